The Labute approximate surface area is 140 Å². The van der Waals surface area contributed by atoms with Crippen LogP contribution in [0.1, 0.15) is 10.6 Å². The van der Waals surface area contributed by atoms with E-state index in [9.17, 15) is 18.0 Å². The van der Waals surface area contributed by atoms with Crippen molar-refractivity contribution >= 4 is 17.2 Å². The van der Waals surface area contributed by atoms with E-state index in [1.165, 1.54) is 23.5 Å². The summed E-state index contributed by atoms with van der Waals surface area (Å²) < 4.78 is 43.0. The maximum Gasteiger partial charge on any atom is 0.416 e. The first kappa shape index (κ1) is 16.9. The molecule has 128 valence electrons. The molecular weight excluding hydrogens is 341 g/mol. The molecule has 1 aliphatic rings. The molecule has 1 aromatic heterocycles. The van der Waals surface area contributed by atoms with E-state index in [4.69, 9.17) is 4.74 Å². The number of thiazole rings is 1. The van der Waals surface area contributed by atoms with Gasteiger partial charge in [-0.05, 0) is 12.1 Å². The Kier molecular flexibility index (Phi) is 4.86. The molecule has 0 radical (unpaired) electrons. The van der Waals surface area contributed by atoms with Crippen LogP contribution in [0, 0.1) is 0 Å². The van der Waals surface area contributed by atoms with E-state index in [-0.39, 0.29) is 12.3 Å². The Bertz CT molecular complexity index is 707. The molecule has 0 atom stereocenters. The average molecular weight is 356 g/mol. The van der Waals surface area contributed by atoms with Crippen LogP contribution in [0.2, 0.25) is 0 Å². The first-order valence-electron chi connectivity index (χ1n) is 7.41. The minimum Gasteiger partial charge on any atom is -0.378 e. The number of benzene rings is 1. The highest BCUT2D eigenvalue weighted by Crippen LogP contribution is 2.31. The number of morpholine rings is 1. The number of hydrogen-bond donors (Lipinski definition) is 0. The smallest absolute Gasteiger partial charge is 0.378 e. The standard InChI is InChI=1S/C16H15F3N2O2S/c17-16(18,19)12-3-1-11(2-4-12)13-10-24-14(20-13)9-15(22)21-5-7-23-8-6-21/h1-4,10H,5-9H2. The molecule has 0 aliphatic carbocycles. The predicted molar refractivity (Wildman–Crippen MR) is 83.7 cm³/mol. The molecule has 2 aromatic rings. The lowest BCUT2D eigenvalue weighted by Gasteiger charge is -2.26. The van der Waals surface area contributed by atoms with Gasteiger partial charge in [0.2, 0.25) is 5.91 Å². The summed E-state index contributed by atoms with van der Waals surface area (Å²) >= 11 is 1.33. The summed E-state index contributed by atoms with van der Waals surface area (Å²) in [6.45, 7) is 2.24. The van der Waals surface area contributed by atoms with Gasteiger partial charge in [-0.2, -0.15) is 13.2 Å². The average Bonchev–Trinajstić information content (AvgIpc) is 3.03. The van der Waals surface area contributed by atoms with Gasteiger partial charge in [0.25, 0.3) is 0 Å². The Morgan fingerprint density at radius 1 is 1.21 bits per heavy atom. The Hall–Kier alpha value is -1.93. The number of halogens is 3. The van der Waals surface area contributed by atoms with Crippen LogP contribution in [-0.4, -0.2) is 42.1 Å². The van der Waals surface area contributed by atoms with Crippen LogP contribution in [0.4, 0.5) is 13.2 Å². The van der Waals surface area contributed by atoms with Crippen molar-refractivity contribution in [3.63, 3.8) is 0 Å². The number of amides is 1. The number of carbonyl (C=O) groups is 1. The summed E-state index contributed by atoms with van der Waals surface area (Å²) in [4.78, 5) is 18.3. The monoisotopic (exact) mass is 356 g/mol. The van der Waals surface area contributed by atoms with Crippen molar-refractivity contribution in [2.45, 2.75) is 12.6 Å². The predicted octanol–water partition coefficient (Wildman–Crippen LogP) is 3.23. The van der Waals surface area contributed by atoms with Crippen molar-refractivity contribution in [2.75, 3.05) is 26.3 Å². The van der Waals surface area contributed by atoms with Crippen LogP contribution in [0.5, 0.6) is 0 Å². The number of rotatable bonds is 3. The topological polar surface area (TPSA) is 42.4 Å². The zero-order valence-corrected chi connectivity index (χ0v) is 13.5. The van der Waals surface area contributed by atoms with Gasteiger partial charge in [-0.25, -0.2) is 4.98 Å². The molecule has 1 saturated heterocycles. The van der Waals surface area contributed by atoms with E-state index in [0.717, 1.165) is 12.1 Å². The Morgan fingerprint density at radius 2 is 1.88 bits per heavy atom. The van der Waals surface area contributed by atoms with Gasteiger partial charge in [-0.15, -0.1) is 11.3 Å². The molecule has 3 rings (SSSR count). The SMILES string of the molecule is O=C(Cc1nc(-c2ccc(C(F)(F)F)cc2)cs1)N1CCOCC1. The van der Waals surface area contributed by atoms with E-state index in [1.54, 1.807) is 10.3 Å². The Morgan fingerprint density at radius 3 is 2.50 bits per heavy atom. The molecule has 0 unspecified atom stereocenters. The van der Waals surface area contributed by atoms with Gasteiger partial charge in [0.15, 0.2) is 0 Å². The van der Waals surface area contributed by atoms with Gasteiger partial charge in [0, 0.05) is 24.0 Å². The quantitative estimate of drug-likeness (QED) is 0.848. The van der Waals surface area contributed by atoms with Gasteiger partial charge >= 0.3 is 6.18 Å². The third kappa shape index (κ3) is 3.93. The maximum absolute atomic E-state index is 12.6. The summed E-state index contributed by atoms with van der Waals surface area (Å²) in [5.74, 6) is -0.00776. The molecule has 1 aliphatic heterocycles. The third-order valence-electron chi connectivity index (χ3n) is 3.73. The van der Waals surface area contributed by atoms with Crippen LogP contribution in [0.15, 0.2) is 29.6 Å². The van der Waals surface area contributed by atoms with Crippen LogP contribution in [-0.2, 0) is 22.1 Å². The first-order valence-corrected chi connectivity index (χ1v) is 8.29. The molecule has 2 heterocycles. The largest absolute Gasteiger partial charge is 0.416 e. The van der Waals surface area contributed by atoms with Gasteiger partial charge in [-0.1, -0.05) is 12.1 Å². The Balaban J connectivity index is 1.67. The zero-order chi connectivity index (χ0) is 17.2. The van der Waals surface area contributed by atoms with E-state index in [1.807, 2.05) is 0 Å². The second-order valence-corrected chi connectivity index (χ2v) is 6.31. The second kappa shape index (κ2) is 6.90. The molecule has 0 bridgehead atoms. The summed E-state index contributed by atoms with van der Waals surface area (Å²) in [5.41, 5.74) is 0.493. The normalized spacial score (nSPS) is 15.5. The fourth-order valence-corrected chi connectivity index (χ4v) is 3.20. The number of carbonyl (C=O) groups excluding carboxylic acids is 1. The fraction of sp³-hybridized carbons (Fsp3) is 0.375. The summed E-state index contributed by atoms with van der Waals surface area (Å²) in [6.07, 6.45) is -4.15. The molecule has 1 aromatic carbocycles. The van der Waals surface area contributed by atoms with Crippen LogP contribution < -0.4 is 0 Å². The summed E-state index contributed by atoms with van der Waals surface area (Å²) in [7, 11) is 0. The lowest BCUT2D eigenvalue weighted by atomic mass is 10.1. The highest BCUT2D eigenvalue weighted by atomic mass is 32.1. The van der Waals surface area contributed by atoms with Crippen molar-refractivity contribution in [2.24, 2.45) is 0 Å². The molecule has 0 N–H and O–H groups in total. The van der Waals surface area contributed by atoms with E-state index >= 15 is 0 Å². The number of ether oxygens (including phenoxy) is 1. The molecular formula is C16H15F3N2O2S. The van der Waals surface area contributed by atoms with Gasteiger partial charge in [0.1, 0.15) is 5.01 Å². The van der Waals surface area contributed by atoms with Gasteiger partial charge < -0.3 is 9.64 Å². The molecule has 1 fully saturated rings. The zero-order valence-electron chi connectivity index (χ0n) is 12.7. The van der Waals surface area contributed by atoms with Crippen molar-refractivity contribution in [3.05, 3.63) is 40.2 Å². The van der Waals surface area contributed by atoms with Gasteiger partial charge in [0.05, 0.1) is 30.9 Å². The molecule has 0 saturated carbocycles. The number of hydrogen-bond acceptors (Lipinski definition) is 4. The fourth-order valence-electron chi connectivity index (χ4n) is 2.41. The highest BCUT2D eigenvalue weighted by Gasteiger charge is 2.30. The van der Waals surface area contributed by atoms with Crippen LogP contribution >= 0.6 is 11.3 Å². The summed E-state index contributed by atoms with van der Waals surface area (Å²) in [6, 6.07) is 4.86. The second-order valence-electron chi connectivity index (χ2n) is 5.37. The number of aromatic nitrogens is 1. The summed E-state index contributed by atoms with van der Waals surface area (Å²) in [5, 5.41) is 2.41. The first-order chi connectivity index (χ1) is 11.4. The molecule has 24 heavy (non-hydrogen) atoms. The van der Waals surface area contributed by atoms with Crippen molar-refractivity contribution in [1.82, 2.24) is 9.88 Å². The lowest BCUT2D eigenvalue weighted by Crippen LogP contribution is -2.41. The lowest BCUT2D eigenvalue weighted by molar-refractivity contribution is -0.137. The van der Waals surface area contributed by atoms with Crippen LogP contribution in [0.25, 0.3) is 11.3 Å². The minimum atomic E-state index is -4.35. The number of alkyl halides is 3. The molecule has 8 heteroatoms. The van der Waals surface area contributed by atoms with Crippen molar-refractivity contribution < 1.29 is 22.7 Å². The highest BCUT2D eigenvalue weighted by molar-refractivity contribution is 7.10. The third-order valence-corrected chi connectivity index (χ3v) is 4.57. The molecule has 4 nitrogen and oxygen atoms in total. The molecule has 1 amide bonds. The van der Waals surface area contributed by atoms with Gasteiger partial charge in [-0.3, -0.25) is 4.79 Å². The molecule has 0 spiro atoms. The van der Waals surface area contributed by atoms with E-state index in [2.05, 4.69) is 4.98 Å². The van der Waals surface area contributed by atoms with Crippen molar-refractivity contribution in [1.29, 1.82) is 0 Å². The van der Waals surface area contributed by atoms with Crippen molar-refractivity contribution in [3.8, 4) is 11.3 Å². The maximum atomic E-state index is 12.6. The minimum absolute atomic E-state index is 0.00776. The van der Waals surface area contributed by atoms with Crippen LogP contribution in [0.3, 0.4) is 0 Å². The van der Waals surface area contributed by atoms with E-state index < -0.39 is 11.7 Å². The van der Waals surface area contributed by atoms with E-state index in [0.29, 0.717) is 42.6 Å². The number of nitrogens with zero attached hydrogens (tertiary/aromatic N) is 2.